The van der Waals surface area contributed by atoms with Gasteiger partial charge in [0, 0.05) is 24.6 Å². The summed E-state index contributed by atoms with van der Waals surface area (Å²) in [5.74, 6) is -8.20. The minimum Gasteiger partial charge on any atom is -0.394 e. The first-order valence-electron chi connectivity index (χ1n) is 12.5. The van der Waals surface area contributed by atoms with Gasteiger partial charge in [-0.2, -0.15) is 13.2 Å². The molecule has 3 aromatic rings. The van der Waals surface area contributed by atoms with Crippen LogP contribution < -0.4 is 0 Å². The molecule has 6 atom stereocenters. The second kappa shape index (κ2) is 11.2. The Morgan fingerprint density at radius 1 is 1.09 bits per heavy atom. The number of pyridine rings is 1. The second-order valence-corrected chi connectivity index (χ2v) is 11.5. The van der Waals surface area contributed by atoms with Crippen LogP contribution in [0.1, 0.15) is 35.4 Å². The molecule has 2 aromatic heterocycles. The molecule has 18 heteroatoms. The maximum Gasteiger partial charge on any atom is 0.418 e. The van der Waals surface area contributed by atoms with Gasteiger partial charge in [-0.1, -0.05) is 5.21 Å². The van der Waals surface area contributed by atoms with E-state index in [1.165, 1.54) is 0 Å². The minimum atomic E-state index is -5.00. The Hall–Kier alpha value is -2.90. The molecule has 4 N–H and O–H groups in total. The van der Waals surface area contributed by atoms with Gasteiger partial charge in [-0.05, 0) is 24.3 Å². The van der Waals surface area contributed by atoms with Gasteiger partial charge in [0.25, 0.3) is 5.92 Å². The molecule has 0 bridgehead atoms. The van der Waals surface area contributed by atoms with Crippen molar-refractivity contribution in [3.8, 4) is 11.3 Å². The van der Waals surface area contributed by atoms with Crippen LogP contribution in [0.5, 0.6) is 0 Å². The number of nitrogens with zero attached hydrogens (tertiary/aromatic N) is 4. The Morgan fingerprint density at radius 2 is 1.74 bits per heavy atom. The summed E-state index contributed by atoms with van der Waals surface area (Å²) < 4.78 is 117. The lowest BCUT2D eigenvalue weighted by atomic mass is 9.73. The van der Waals surface area contributed by atoms with Crippen molar-refractivity contribution in [2.75, 3.05) is 6.61 Å². The number of thioether (sulfide) groups is 1. The average molecular weight is 643 g/mol. The number of alkyl halides is 5. The van der Waals surface area contributed by atoms with Crippen molar-refractivity contribution in [1.82, 2.24) is 20.0 Å². The lowest BCUT2D eigenvalue weighted by Gasteiger charge is -2.50. The fraction of sp³-hybridized carbons (Fsp3) is 0.480. The van der Waals surface area contributed by atoms with Crippen LogP contribution in [-0.4, -0.2) is 82.3 Å². The van der Waals surface area contributed by atoms with Crippen molar-refractivity contribution in [2.24, 2.45) is 0 Å². The number of aromatic nitrogens is 4. The number of ether oxygens (including phenoxy) is 1. The maximum atomic E-state index is 13.9. The fourth-order valence-corrected chi connectivity index (χ4v) is 6.76. The van der Waals surface area contributed by atoms with E-state index in [0.29, 0.717) is 30.0 Å². The zero-order chi connectivity index (χ0) is 31.5. The summed E-state index contributed by atoms with van der Waals surface area (Å²) in [5.41, 5.74) is -6.74. The third-order valence-corrected chi connectivity index (χ3v) is 8.82. The molecule has 1 saturated heterocycles. The molecule has 3 heterocycles. The summed E-state index contributed by atoms with van der Waals surface area (Å²) in [5, 5.41) is 48.6. The van der Waals surface area contributed by atoms with Crippen LogP contribution in [0.2, 0.25) is 0 Å². The first-order chi connectivity index (χ1) is 20.0. The zero-order valence-electron chi connectivity index (χ0n) is 21.5. The Morgan fingerprint density at radius 3 is 2.33 bits per heavy atom. The van der Waals surface area contributed by atoms with Crippen molar-refractivity contribution in [3.63, 3.8) is 0 Å². The summed E-state index contributed by atoms with van der Waals surface area (Å²) in [6.45, 7) is -0.887. The van der Waals surface area contributed by atoms with E-state index in [-0.39, 0.29) is 11.3 Å². The Labute approximate surface area is 241 Å². The largest absolute Gasteiger partial charge is 0.418 e. The molecule has 234 valence electrons. The van der Waals surface area contributed by atoms with Crippen molar-refractivity contribution in [3.05, 3.63) is 65.4 Å². The van der Waals surface area contributed by atoms with E-state index in [2.05, 4.69) is 15.3 Å². The van der Waals surface area contributed by atoms with E-state index in [9.17, 15) is 55.5 Å². The summed E-state index contributed by atoms with van der Waals surface area (Å²) in [4.78, 5) is 3.72. The fourth-order valence-electron chi connectivity index (χ4n) is 5.23. The van der Waals surface area contributed by atoms with Crippen LogP contribution in [0.15, 0.2) is 36.7 Å². The molecule has 1 saturated carbocycles. The quantitative estimate of drug-likeness (QED) is 0.226. The number of hydrogen-bond acceptors (Lipinski definition) is 9. The van der Waals surface area contributed by atoms with Crippen LogP contribution in [0.25, 0.3) is 11.3 Å². The summed E-state index contributed by atoms with van der Waals surface area (Å²) in [6.07, 6.45) is -10.6. The van der Waals surface area contributed by atoms with Crippen LogP contribution >= 0.6 is 11.8 Å². The van der Waals surface area contributed by atoms with Gasteiger partial charge in [-0.25, -0.2) is 26.6 Å². The highest BCUT2D eigenvalue weighted by atomic mass is 32.2. The number of hydrogen-bond donors (Lipinski definition) is 4. The van der Waals surface area contributed by atoms with Crippen LogP contribution in [0.4, 0.5) is 35.1 Å². The van der Waals surface area contributed by atoms with Gasteiger partial charge in [-0.3, -0.25) is 4.98 Å². The monoisotopic (exact) mass is 642 g/mol. The summed E-state index contributed by atoms with van der Waals surface area (Å²) in [7, 11) is 0. The number of benzene rings is 1. The van der Waals surface area contributed by atoms with E-state index in [1.807, 2.05) is 0 Å². The van der Waals surface area contributed by atoms with Gasteiger partial charge in [0.15, 0.2) is 17.5 Å². The number of aliphatic hydroxyl groups excluding tert-OH is 3. The molecular weight excluding hydrogens is 620 g/mol. The normalized spacial score (nSPS) is 27.5. The van der Waals surface area contributed by atoms with Gasteiger partial charge in [-0.15, -0.1) is 16.9 Å². The highest BCUT2D eigenvalue weighted by Gasteiger charge is 2.62. The number of aliphatic hydroxyl groups is 4. The molecule has 2 fully saturated rings. The lowest BCUT2D eigenvalue weighted by molar-refractivity contribution is -0.207. The highest BCUT2D eigenvalue weighted by Crippen LogP contribution is 2.58. The Kier molecular flexibility index (Phi) is 8.23. The Balaban J connectivity index is 1.51. The predicted octanol–water partition coefficient (Wildman–Crippen LogP) is 3.39. The number of halogens is 8. The van der Waals surface area contributed by atoms with Crippen molar-refractivity contribution in [1.29, 1.82) is 0 Å². The topological polar surface area (TPSA) is 134 Å². The standard InChI is InChI=1S/C25H22F8N4O5S/c26-12-4-10(5-13(27)16(12)28)14-6-37(36-35-14)18-19(39)15(7-38)42-22(20(18)40)43-21(23(41)8-24(29,30)9-23)17-11(25(31,32)33)2-1-3-34-17/h1-6,15,18-22,38-41H,7-9H2/t15-,18+,19+,20-,21+,22+/m1/s1. The molecule has 0 spiro atoms. The first kappa shape index (κ1) is 31.5. The summed E-state index contributed by atoms with van der Waals surface area (Å²) in [6, 6.07) is 1.28. The van der Waals surface area contributed by atoms with Gasteiger partial charge in [0.05, 0.1) is 34.9 Å². The van der Waals surface area contributed by atoms with E-state index in [0.717, 1.165) is 23.1 Å². The van der Waals surface area contributed by atoms with Crippen LogP contribution in [-0.2, 0) is 10.9 Å². The van der Waals surface area contributed by atoms with E-state index in [1.54, 1.807) is 0 Å². The Bertz CT molecular complexity index is 1460. The van der Waals surface area contributed by atoms with Gasteiger partial charge in [0.2, 0.25) is 0 Å². The third-order valence-electron chi connectivity index (χ3n) is 7.22. The molecule has 2 aliphatic rings. The third kappa shape index (κ3) is 5.95. The smallest absolute Gasteiger partial charge is 0.394 e. The van der Waals surface area contributed by atoms with Crippen molar-refractivity contribution < 1.29 is 60.3 Å². The molecule has 0 radical (unpaired) electrons. The molecule has 43 heavy (non-hydrogen) atoms. The average Bonchev–Trinajstić information content (AvgIpc) is 3.39. The van der Waals surface area contributed by atoms with Gasteiger partial charge in [0.1, 0.15) is 35.5 Å². The van der Waals surface area contributed by atoms with Gasteiger partial charge >= 0.3 is 6.18 Å². The maximum absolute atomic E-state index is 13.9. The SMILES string of the molecule is OC[C@H]1O[C@@H](S[C@@H](c2ncccc2C(F)(F)F)C2(O)CC(F)(F)C2)[C@H](O)[C@@H](n2cc(-c3cc(F)c(F)c(F)c3)nn2)[C@H]1O. The van der Waals surface area contributed by atoms with Crippen LogP contribution in [0, 0.1) is 17.5 Å². The van der Waals surface area contributed by atoms with Crippen molar-refractivity contribution >= 4 is 11.8 Å². The predicted molar refractivity (Wildman–Crippen MR) is 131 cm³/mol. The van der Waals surface area contributed by atoms with Gasteiger partial charge < -0.3 is 25.2 Å². The molecule has 5 rings (SSSR count). The van der Waals surface area contributed by atoms with Crippen molar-refractivity contribution in [2.45, 2.75) is 65.6 Å². The molecule has 1 aliphatic carbocycles. The molecular formula is C25H22F8N4O5S. The molecule has 0 amide bonds. The lowest BCUT2D eigenvalue weighted by Crippen LogP contribution is -2.58. The molecule has 1 aromatic carbocycles. The molecule has 9 nitrogen and oxygen atoms in total. The van der Waals surface area contributed by atoms with Crippen LogP contribution in [0.3, 0.4) is 0 Å². The summed E-state index contributed by atoms with van der Waals surface area (Å²) >= 11 is 0.326. The molecule has 0 unspecified atom stereocenters. The van der Waals surface area contributed by atoms with E-state index in [4.69, 9.17) is 4.74 Å². The first-order valence-corrected chi connectivity index (χ1v) is 13.5. The van der Waals surface area contributed by atoms with E-state index < -0.39 is 101 Å². The number of rotatable bonds is 7. The van der Waals surface area contributed by atoms with E-state index >= 15 is 0 Å². The zero-order valence-corrected chi connectivity index (χ0v) is 22.3. The minimum absolute atomic E-state index is 0.236. The highest BCUT2D eigenvalue weighted by molar-refractivity contribution is 8.00. The molecule has 1 aliphatic heterocycles. The second-order valence-electron chi connectivity index (χ2n) is 10.3.